The van der Waals surface area contributed by atoms with E-state index in [1.54, 1.807) is 11.8 Å². The second-order valence-electron chi connectivity index (χ2n) is 6.06. The molecule has 1 heterocycles. The second-order valence-corrected chi connectivity index (χ2v) is 7.17. The van der Waals surface area contributed by atoms with Gasteiger partial charge < -0.3 is 15.0 Å². The van der Waals surface area contributed by atoms with Crippen LogP contribution < -0.4 is 5.32 Å². The topological polar surface area (TPSA) is 58.6 Å². The van der Waals surface area contributed by atoms with Gasteiger partial charge in [0, 0.05) is 4.88 Å². The fourth-order valence-electron chi connectivity index (χ4n) is 2.71. The van der Waals surface area contributed by atoms with Gasteiger partial charge in [0.15, 0.2) is 0 Å². The number of fused-ring (bicyclic) bond motifs is 1. The maximum Gasteiger partial charge on any atom is 0.341 e. The van der Waals surface area contributed by atoms with Crippen molar-refractivity contribution in [1.29, 1.82) is 0 Å². The number of hydrogen-bond acceptors (Lipinski definition) is 5. The number of carbonyl (C=O) groups excluding carboxylic acids is 2. The predicted octanol–water partition coefficient (Wildman–Crippen LogP) is 2.55. The van der Waals surface area contributed by atoms with Crippen LogP contribution in [-0.4, -0.2) is 44.0 Å². The third-order valence-electron chi connectivity index (χ3n) is 3.70. The lowest BCUT2D eigenvalue weighted by Crippen LogP contribution is -2.27. The summed E-state index contributed by atoms with van der Waals surface area (Å²) in [5.74, 6) is 0.184. The van der Waals surface area contributed by atoms with Gasteiger partial charge in [0.05, 0.1) is 18.7 Å². The van der Waals surface area contributed by atoms with Gasteiger partial charge in [-0.1, -0.05) is 6.92 Å². The number of amides is 1. The van der Waals surface area contributed by atoms with E-state index in [9.17, 15) is 9.59 Å². The molecule has 1 amide bonds. The zero-order valence-corrected chi connectivity index (χ0v) is 14.5. The van der Waals surface area contributed by atoms with Crippen LogP contribution in [0, 0.1) is 5.92 Å². The lowest BCUT2D eigenvalue weighted by atomic mass is 9.88. The summed E-state index contributed by atoms with van der Waals surface area (Å²) in [5, 5.41) is 3.53. The molecule has 0 fully saturated rings. The molecule has 0 saturated heterocycles. The molecular formula is C16H24N2O3S. The highest BCUT2D eigenvalue weighted by atomic mass is 32.1. The Morgan fingerprint density at radius 2 is 2.14 bits per heavy atom. The molecule has 1 aliphatic rings. The fraction of sp³-hybridized carbons (Fsp3) is 0.625. The third kappa shape index (κ3) is 3.87. The minimum atomic E-state index is -0.324. The third-order valence-corrected chi connectivity index (χ3v) is 4.87. The average Bonchev–Trinajstić information content (AvgIpc) is 2.74. The Morgan fingerprint density at radius 1 is 1.41 bits per heavy atom. The van der Waals surface area contributed by atoms with Crippen molar-refractivity contribution in [2.75, 3.05) is 32.6 Å². The van der Waals surface area contributed by atoms with Gasteiger partial charge in [-0.2, -0.15) is 0 Å². The van der Waals surface area contributed by atoms with Gasteiger partial charge in [-0.25, -0.2) is 4.79 Å². The standard InChI is InChI=1S/C16H24N2O3S/c1-5-21-16(20)14-11-7-6-10(2)8-12(11)22-15(14)17-13(19)9-18(3)4/h10H,5-9H2,1-4H3,(H,17,19)/t10-/m1/s1. The maximum absolute atomic E-state index is 12.3. The Bertz CT molecular complexity index is 566. The van der Waals surface area contributed by atoms with Crippen LogP contribution in [0.25, 0.3) is 0 Å². The molecule has 0 unspecified atom stereocenters. The summed E-state index contributed by atoms with van der Waals surface area (Å²) in [7, 11) is 3.68. The first-order chi connectivity index (χ1) is 10.4. The average molecular weight is 324 g/mol. The molecule has 1 atom stereocenters. The molecule has 1 aromatic rings. The van der Waals surface area contributed by atoms with E-state index in [2.05, 4.69) is 12.2 Å². The van der Waals surface area contributed by atoms with Crippen molar-refractivity contribution >= 4 is 28.2 Å². The highest BCUT2D eigenvalue weighted by molar-refractivity contribution is 7.17. The van der Waals surface area contributed by atoms with Crippen LogP contribution in [0.3, 0.4) is 0 Å². The smallest absolute Gasteiger partial charge is 0.341 e. The molecule has 0 spiro atoms. The normalized spacial score (nSPS) is 17.2. The lowest BCUT2D eigenvalue weighted by molar-refractivity contribution is -0.116. The first kappa shape index (κ1) is 17.0. The van der Waals surface area contributed by atoms with Crippen LogP contribution in [0.5, 0.6) is 0 Å². The number of nitrogens with zero attached hydrogens (tertiary/aromatic N) is 1. The quantitative estimate of drug-likeness (QED) is 0.846. The lowest BCUT2D eigenvalue weighted by Gasteiger charge is -2.18. The molecule has 1 aliphatic carbocycles. The summed E-state index contributed by atoms with van der Waals surface area (Å²) >= 11 is 1.52. The van der Waals surface area contributed by atoms with E-state index < -0.39 is 0 Å². The molecule has 122 valence electrons. The number of likely N-dealkylation sites (N-methyl/N-ethyl adjacent to an activating group) is 1. The van der Waals surface area contributed by atoms with E-state index in [0.29, 0.717) is 29.6 Å². The highest BCUT2D eigenvalue weighted by Gasteiger charge is 2.29. The van der Waals surface area contributed by atoms with Gasteiger partial charge in [0.25, 0.3) is 0 Å². The van der Waals surface area contributed by atoms with Crippen molar-refractivity contribution in [3.8, 4) is 0 Å². The summed E-state index contributed by atoms with van der Waals surface area (Å²) in [6.45, 7) is 4.65. The predicted molar refractivity (Wildman–Crippen MR) is 88.6 cm³/mol. The SMILES string of the molecule is CCOC(=O)c1c(NC(=O)CN(C)C)sc2c1CC[C@@H](C)C2. The summed E-state index contributed by atoms with van der Waals surface area (Å²) in [5.41, 5.74) is 1.64. The monoisotopic (exact) mass is 324 g/mol. The Morgan fingerprint density at radius 3 is 2.77 bits per heavy atom. The van der Waals surface area contributed by atoms with Gasteiger partial charge in [-0.05, 0) is 51.8 Å². The second kappa shape index (κ2) is 7.24. The van der Waals surface area contributed by atoms with E-state index in [1.165, 1.54) is 16.2 Å². The van der Waals surface area contributed by atoms with Gasteiger partial charge in [0.2, 0.25) is 5.91 Å². The van der Waals surface area contributed by atoms with E-state index in [1.807, 2.05) is 14.1 Å². The molecule has 0 aromatic carbocycles. The Hall–Kier alpha value is -1.40. The van der Waals surface area contributed by atoms with E-state index in [-0.39, 0.29) is 11.9 Å². The number of ether oxygens (including phenoxy) is 1. The van der Waals surface area contributed by atoms with Crippen molar-refractivity contribution in [2.45, 2.75) is 33.1 Å². The van der Waals surface area contributed by atoms with Gasteiger partial charge in [-0.15, -0.1) is 11.3 Å². The number of nitrogens with one attached hydrogen (secondary N) is 1. The zero-order chi connectivity index (χ0) is 16.3. The number of hydrogen-bond donors (Lipinski definition) is 1. The number of esters is 1. The van der Waals surface area contributed by atoms with Crippen LogP contribution in [-0.2, 0) is 22.4 Å². The molecule has 5 nitrogen and oxygen atoms in total. The Kier molecular flexibility index (Phi) is 5.58. The van der Waals surface area contributed by atoms with Crippen molar-refractivity contribution < 1.29 is 14.3 Å². The van der Waals surface area contributed by atoms with Crippen LogP contribution in [0.15, 0.2) is 0 Å². The number of thiophene rings is 1. The molecule has 0 aliphatic heterocycles. The molecule has 1 N–H and O–H groups in total. The number of rotatable bonds is 5. The highest BCUT2D eigenvalue weighted by Crippen LogP contribution is 2.40. The number of carbonyl (C=O) groups is 2. The van der Waals surface area contributed by atoms with Crippen LogP contribution in [0.4, 0.5) is 5.00 Å². The molecule has 2 rings (SSSR count). The minimum Gasteiger partial charge on any atom is -0.462 e. The molecular weight excluding hydrogens is 300 g/mol. The Balaban J connectivity index is 2.31. The van der Waals surface area contributed by atoms with E-state index >= 15 is 0 Å². The summed E-state index contributed by atoms with van der Waals surface area (Å²) in [6.07, 6.45) is 2.92. The van der Waals surface area contributed by atoms with Gasteiger partial charge in [-0.3, -0.25) is 4.79 Å². The first-order valence-electron chi connectivity index (χ1n) is 7.68. The van der Waals surface area contributed by atoms with Crippen LogP contribution in [0.1, 0.15) is 41.1 Å². The van der Waals surface area contributed by atoms with Gasteiger partial charge >= 0.3 is 5.97 Å². The molecule has 0 radical (unpaired) electrons. The van der Waals surface area contributed by atoms with Crippen molar-refractivity contribution in [2.24, 2.45) is 5.92 Å². The van der Waals surface area contributed by atoms with E-state index in [4.69, 9.17) is 4.74 Å². The van der Waals surface area contributed by atoms with E-state index in [0.717, 1.165) is 24.8 Å². The van der Waals surface area contributed by atoms with Crippen molar-refractivity contribution in [3.05, 3.63) is 16.0 Å². The zero-order valence-electron chi connectivity index (χ0n) is 13.7. The molecule has 22 heavy (non-hydrogen) atoms. The summed E-state index contributed by atoms with van der Waals surface area (Å²) < 4.78 is 5.19. The van der Waals surface area contributed by atoms with Crippen LogP contribution >= 0.6 is 11.3 Å². The minimum absolute atomic E-state index is 0.109. The fourth-order valence-corrected chi connectivity index (χ4v) is 4.13. The molecule has 1 aromatic heterocycles. The number of anilines is 1. The van der Waals surface area contributed by atoms with Crippen LogP contribution in [0.2, 0.25) is 0 Å². The van der Waals surface area contributed by atoms with Gasteiger partial charge in [0.1, 0.15) is 5.00 Å². The largest absolute Gasteiger partial charge is 0.462 e. The van der Waals surface area contributed by atoms with Crippen molar-refractivity contribution in [3.63, 3.8) is 0 Å². The molecule has 0 saturated carbocycles. The first-order valence-corrected chi connectivity index (χ1v) is 8.50. The molecule has 6 heteroatoms. The summed E-state index contributed by atoms with van der Waals surface area (Å²) in [6, 6.07) is 0. The molecule has 0 bridgehead atoms. The summed E-state index contributed by atoms with van der Waals surface area (Å²) in [4.78, 5) is 27.4. The Labute approximate surface area is 135 Å². The maximum atomic E-state index is 12.3. The van der Waals surface area contributed by atoms with Crippen molar-refractivity contribution in [1.82, 2.24) is 4.90 Å².